The van der Waals surface area contributed by atoms with E-state index in [0.29, 0.717) is 24.2 Å². The molecule has 1 fully saturated rings. The first-order chi connectivity index (χ1) is 11.6. The van der Waals surface area contributed by atoms with E-state index in [1.165, 1.54) is 4.88 Å². The quantitative estimate of drug-likeness (QED) is 0.840. The lowest BCUT2D eigenvalue weighted by atomic mass is 10.1. The lowest BCUT2D eigenvalue weighted by Crippen LogP contribution is -2.31. The van der Waals surface area contributed by atoms with Gasteiger partial charge in [0.15, 0.2) is 5.69 Å². The fraction of sp³-hybridized carbons (Fsp3) is 0.588. The van der Waals surface area contributed by atoms with Crippen molar-refractivity contribution in [3.05, 3.63) is 33.8 Å². The zero-order valence-corrected chi connectivity index (χ0v) is 15.1. The van der Waals surface area contributed by atoms with Crippen molar-refractivity contribution in [1.82, 2.24) is 25.6 Å². The highest BCUT2D eigenvalue weighted by molar-refractivity contribution is 7.09. The first-order valence-corrected chi connectivity index (χ1v) is 9.46. The molecule has 24 heavy (non-hydrogen) atoms. The summed E-state index contributed by atoms with van der Waals surface area (Å²) in [5.41, 5.74) is 1.32. The predicted molar refractivity (Wildman–Crippen MR) is 95.4 cm³/mol. The van der Waals surface area contributed by atoms with Crippen LogP contribution >= 0.6 is 11.3 Å². The monoisotopic (exact) mass is 347 g/mol. The number of aromatic nitrogens is 3. The molecular weight excluding hydrogens is 322 g/mol. The van der Waals surface area contributed by atoms with Crippen LogP contribution in [0.3, 0.4) is 0 Å². The van der Waals surface area contributed by atoms with Crippen molar-refractivity contribution in [2.75, 3.05) is 19.6 Å². The molecule has 6 nitrogen and oxygen atoms in total. The number of carbonyl (C=O) groups excluding carboxylic acids is 1. The van der Waals surface area contributed by atoms with Crippen LogP contribution < -0.4 is 10.6 Å². The summed E-state index contributed by atoms with van der Waals surface area (Å²) in [4.78, 5) is 13.8. The molecule has 0 aliphatic carbocycles. The third-order valence-electron chi connectivity index (χ3n) is 4.54. The van der Waals surface area contributed by atoms with E-state index in [4.69, 9.17) is 0 Å². The van der Waals surface area contributed by atoms with Crippen LogP contribution in [0.2, 0.25) is 0 Å². The summed E-state index contributed by atoms with van der Waals surface area (Å²) in [6, 6.07) is 4.55. The molecular formula is C17H25N5OS. The van der Waals surface area contributed by atoms with Crippen LogP contribution in [0.25, 0.3) is 0 Å². The number of nitrogens with zero attached hydrogens (tertiary/aromatic N) is 3. The lowest BCUT2D eigenvalue weighted by Gasteiger charge is -2.23. The summed E-state index contributed by atoms with van der Waals surface area (Å²) in [5.74, 6) is 0.276. The minimum absolute atomic E-state index is 0.120. The van der Waals surface area contributed by atoms with Crippen molar-refractivity contribution in [2.45, 2.75) is 39.2 Å². The van der Waals surface area contributed by atoms with Crippen LogP contribution in [-0.2, 0) is 6.42 Å². The standard InChI is InChI=1S/C17H25N5OS/c1-12(10-15-4-3-9-24-15)11-19-17(23)16-13(2)22(21-20-16)14-5-7-18-8-6-14/h3-4,9,12,14,18H,5-8,10-11H2,1-2H3,(H,19,23). The Hall–Kier alpha value is -1.73. The molecule has 0 bridgehead atoms. The highest BCUT2D eigenvalue weighted by Crippen LogP contribution is 2.20. The fourth-order valence-electron chi connectivity index (χ4n) is 3.14. The molecule has 1 aliphatic rings. The van der Waals surface area contributed by atoms with E-state index in [0.717, 1.165) is 38.0 Å². The molecule has 0 saturated carbocycles. The number of hydrogen-bond donors (Lipinski definition) is 2. The molecule has 7 heteroatoms. The molecule has 2 aromatic rings. The number of nitrogens with one attached hydrogen (secondary N) is 2. The maximum atomic E-state index is 12.4. The Labute approximate surface area is 146 Å². The van der Waals surface area contributed by atoms with Gasteiger partial charge in [-0.1, -0.05) is 18.2 Å². The first-order valence-electron chi connectivity index (χ1n) is 8.58. The van der Waals surface area contributed by atoms with E-state index in [1.807, 2.05) is 11.6 Å². The zero-order valence-electron chi connectivity index (χ0n) is 14.3. The Morgan fingerprint density at radius 1 is 1.50 bits per heavy atom. The molecule has 3 heterocycles. The smallest absolute Gasteiger partial charge is 0.273 e. The highest BCUT2D eigenvalue weighted by atomic mass is 32.1. The van der Waals surface area contributed by atoms with Gasteiger partial charge in [0.2, 0.25) is 0 Å². The largest absolute Gasteiger partial charge is 0.350 e. The molecule has 0 aromatic carbocycles. The number of piperidine rings is 1. The molecule has 1 aliphatic heterocycles. The van der Waals surface area contributed by atoms with E-state index < -0.39 is 0 Å². The number of rotatable bonds is 6. The van der Waals surface area contributed by atoms with Crippen LogP contribution in [0.15, 0.2) is 17.5 Å². The summed E-state index contributed by atoms with van der Waals surface area (Å²) in [5, 5.41) is 16.8. The van der Waals surface area contributed by atoms with E-state index in [1.54, 1.807) is 11.3 Å². The van der Waals surface area contributed by atoms with Crippen LogP contribution in [0, 0.1) is 12.8 Å². The molecule has 1 atom stereocenters. The summed E-state index contributed by atoms with van der Waals surface area (Å²) < 4.78 is 1.92. The van der Waals surface area contributed by atoms with E-state index in [9.17, 15) is 4.79 Å². The zero-order chi connectivity index (χ0) is 16.9. The molecule has 0 spiro atoms. The minimum Gasteiger partial charge on any atom is -0.350 e. The van der Waals surface area contributed by atoms with Crippen molar-refractivity contribution in [2.24, 2.45) is 5.92 Å². The average Bonchev–Trinajstić information content (AvgIpc) is 3.23. The highest BCUT2D eigenvalue weighted by Gasteiger charge is 2.23. The van der Waals surface area contributed by atoms with Gasteiger partial charge in [-0.3, -0.25) is 4.79 Å². The van der Waals surface area contributed by atoms with E-state index >= 15 is 0 Å². The molecule has 1 unspecified atom stereocenters. The van der Waals surface area contributed by atoms with Crippen LogP contribution in [0.1, 0.15) is 46.9 Å². The van der Waals surface area contributed by atoms with Gasteiger partial charge in [0.25, 0.3) is 5.91 Å². The molecule has 1 amide bonds. The van der Waals surface area contributed by atoms with Gasteiger partial charge in [-0.05, 0) is 56.6 Å². The Morgan fingerprint density at radius 3 is 3.00 bits per heavy atom. The third kappa shape index (κ3) is 4.02. The summed E-state index contributed by atoms with van der Waals surface area (Å²) >= 11 is 1.76. The van der Waals surface area contributed by atoms with Crippen LogP contribution in [-0.4, -0.2) is 40.5 Å². The summed E-state index contributed by atoms with van der Waals surface area (Å²) in [7, 11) is 0. The average molecular weight is 347 g/mol. The first kappa shape index (κ1) is 17.1. The van der Waals surface area contributed by atoms with Crippen LogP contribution in [0.5, 0.6) is 0 Å². The number of thiophene rings is 1. The second kappa shape index (κ2) is 7.90. The summed E-state index contributed by atoms with van der Waals surface area (Å²) in [6.07, 6.45) is 3.05. The van der Waals surface area contributed by atoms with E-state index in [-0.39, 0.29) is 5.91 Å². The van der Waals surface area contributed by atoms with Crippen molar-refractivity contribution in [3.63, 3.8) is 0 Å². The topological polar surface area (TPSA) is 71.8 Å². The molecule has 130 valence electrons. The van der Waals surface area contributed by atoms with Crippen molar-refractivity contribution >= 4 is 17.2 Å². The van der Waals surface area contributed by atoms with Gasteiger partial charge in [-0.15, -0.1) is 16.4 Å². The van der Waals surface area contributed by atoms with Gasteiger partial charge in [-0.25, -0.2) is 4.68 Å². The van der Waals surface area contributed by atoms with Gasteiger partial charge in [-0.2, -0.15) is 0 Å². The van der Waals surface area contributed by atoms with Gasteiger partial charge in [0.05, 0.1) is 11.7 Å². The van der Waals surface area contributed by atoms with Gasteiger partial charge in [0, 0.05) is 11.4 Å². The second-order valence-corrected chi connectivity index (χ2v) is 7.58. The van der Waals surface area contributed by atoms with Crippen molar-refractivity contribution in [1.29, 1.82) is 0 Å². The van der Waals surface area contributed by atoms with Gasteiger partial charge in [0.1, 0.15) is 0 Å². The molecule has 3 rings (SSSR count). The Bertz CT molecular complexity index is 661. The Balaban J connectivity index is 1.56. The lowest BCUT2D eigenvalue weighted by molar-refractivity contribution is 0.0942. The van der Waals surface area contributed by atoms with Gasteiger partial charge < -0.3 is 10.6 Å². The fourth-order valence-corrected chi connectivity index (χ4v) is 4.01. The third-order valence-corrected chi connectivity index (χ3v) is 5.44. The second-order valence-electron chi connectivity index (χ2n) is 6.55. The van der Waals surface area contributed by atoms with Crippen molar-refractivity contribution < 1.29 is 4.79 Å². The number of hydrogen-bond acceptors (Lipinski definition) is 5. The van der Waals surface area contributed by atoms with Crippen LogP contribution in [0.4, 0.5) is 0 Å². The van der Waals surface area contributed by atoms with Gasteiger partial charge >= 0.3 is 0 Å². The molecule has 1 saturated heterocycles. The Kier molecular flexibility index (Phi) is 5.63. The number of amides is 1. The maximum absolute atomic E-state index is 12.4. The van der Waals surface area contributed by atoms with E-state index in [2.05, 4.69) is 45.4 Å². The normalized spacial score (nSPS) is 16.9. The summed E-state index contributed by atoms with van der Waals surface area (Å²) in [6.45, 7) is 6.72. The molecule has 2 aromatic heterocycles. The Morgan fingerprint density at radius 2 is 2.29 bits per heavy atom. The minimum atomic E-state index is -0.120. The molecule has 0 radical (unpaired) electrons. The van der Waals surface area contributed by atoms with Crippen molar-refractivity contribution in [3.8, 4) is 0 Å². The SMILES string of the molecule is Cc1c(C(=O)NCC(C)Cc2cccs2)nnn1C1CCNCC1. The predicted octanol–water partition coefficient (Wildman–Crippen LogP) is 2.18. The number of carbonyl (C=O) groups is 1. The molecule has 2 N–H and O–H groups in total. The maximum Gasteiger partial charge on any atom is 0.273 e.